The highest BCUT2D eigenvalue weighted by molar-refractivity contribution is 5.87. The summed E-state index contributed by atoms with van der Waals surface area (Å²) in [6, 6.07) is 14.0. The van der Waals surface area contributed by atoms with Crippen LogP contribution in [0.2, 0.25) is 0 Å². The minimum Gasteiger partial charge on any atom is -0.469 e. The third kappa shape index (κ3) is 3.39. The number of methoxy groups -OCH3 is 1. The average Bonchev–Trinajstić information content (AvgIpc) is 3.39. The Kier molecular flexibility index (Phi) is 5.39. The van der Waals surface area contributed by atoms with Gasteiger partial charge in [0.1, 0.15) is 0 Å². The summed E-state index contributed by atoms with van der Waals surface area (Å²) in [5.41, 5.74) is 4.52. The van der Waals surface area contributed by atoms with Crippen molar-refractivity contribution in [2.24, 2.45) is 0 Å². The summed E-state index contributed by atoms with van der Waals surface area (Å²) in [5, 5.41) is 1.16. The van der Waals surface area contributed by atoms with Gasteiger partial charge in [-0.1, -0.05) is 43.5 Å². The van der Waals surface area contributed by atoms with Crippen molar-refractivity contribution in [2.45, 2.75) is 64.0 Å². The van der Waals surface area contributed by atoms with Gasteiger partial charge in [-0.3, -0.25) is 13.9 Å². The van der Waals surface area contributed by atoms with E-state index in [9.17, 15) is 9.59 Å². The SMILES string of the molecule is COC(=O)CC1(n2c(=O)n(C(C)c3c[nH]c4cccc(C)c34)c3ccccc32)CCCCC1. The Bertz CT molecular complexity index is 1380. The number of nitrogens with zero attached hydrogens (tertiary/aromatic N) is 2. The van der Waals surface area contributed by atoms with Crippen LogP contribution in [0.3, 0.4) is 0 Å². The normalized spacial score (nSPS) is 16.8. The number of hydrogen-bond acceptors (Lipinski definition) is 3. The predicted octanol–water partition coefficient (Wildman–Crippen LogP) is 5.42. The van der Waals surface area contributed by atoms with Gasteiger partial charge in [0.25, 0.3) is 0 Å². The third-order valence-corrected chi connectivity index (χ3v) is 7.52. The van der Waals surface area contributed by atoms with Gasteiger partial charge in [-0.15, -0.1) is 0 Å². The first-order valence-corrected chi connectivity index (χ1v) is 11.8. The third-order valence-electron chi connectivity index (χ3n) is 7.52. The number of para-hydroxylation sites is 2. The summed E-state index contributed by atoms with van der Waals surface area (Å²) in [6.45, 7) is 4.19. The van der Waals surface area contributed by atoms with Gasteiger partial charge in [0.15, 0.2) is 0 Å². The molecule has 0 saturated heterocycles. The van der Waals surface area contributed by atoms with Crippen molar-refractivity contribution in [1.82, 2.24) is 14.1 Å². The highest BCUT2D eigenvalue weighted by Crippen LogP contribution is 2.40. The monoisotopic (exact) mass is 445 g/mol. The second-order valence-electron chi connectivity index (χ2n) is 9.43. The van der Waals surface area contributed by atoms with Crippen LogP contribution in [-0.2, 0) is 15.1 Å². The van der Waals surface area contributed by atoms with Gasteiger partial charge in [0.2, 0.25) is 0 Å². The Morgan fingerprint density at radius 2 is 1.82 bits per heavy atom. The molecule has 2 heterocycles. The number of nitrogens with one attached hydrogen (secondary N) is 1. The second kappa shape index (κ2) is 8.25. The quantitative estimate of drug-likeness (QED) is 0.417. The Morgan fingerprint density at radius 1 is 1.09 bits per heavy atom. The molecule has 1 unspecified atom stereocenters. The summed E-state index contributed by atoms with van der Waals surface area (Å²) in [7, 11) is 1.42. The van der Waals surface area contributed by atoms with E-state index in [-0.39, 0.29) is 24.1 Å². The Morgan fingerprint density at radius 3 is 2.55 bits per heavy atom. The maximum atomic E-state index is 14.2. The van der Waals surface area contributed by atoms with Crippen molar-refractivity contribution in [1.29, 1.82) is 0 Å². The molecule has 1 atom stereocenters. The van der Waals surface area contributed by atoms with Gasteiger partial charge in [-0.05, 0) is 50.5 Å². The number of carbonyl (C=O) groups is 1. The van der Waals surface area contributed by atoms with Crippen LogP contribution in [0.5, 0.6) is 0 Å². The molecule has 2 aromatic heterocycles. The molecule has 4 aromatic rings. The van der Waals surface area contributed by atoms with Crippen LogP contribution in [0.4, 0.5) is 0 Å². The van der Waals surface area contributed by atoms with Gasteiger partial charge in [0.05, 0.1) is 36.1 Å². The highest BCUT2D eigenvalue weighted by Gasteiger charge is 2.40. The van der Waals surface area contributed by atoms with E-state index >= 15 is 0 Å². The van der Waals surface area contributed by atoms with Crippen LogP contribution in [-0.4, -0.2) is 27.2 Å². The number of benzene rings is 2. The maximum Gasteiger partial charge on any atom is 0.330 e. The van der Waals surface area contributed by atoms with Gasteiger partial charge >= 0.3 is 11.7 Å². The van der Waals surface area contributed by atoms with E-state index < -0.39 is 5.54 Å². The zero-order valence-electron chi connectivity index (χ0n) is 19.6. The van der Waals surface area contributed by atoms with Crippen LogP contribution >= 0.6 is 0 Å². The second-order valence-corrected chi connectivity index (χ2v) is 9.43. The summed E-state index contributed by atoms with van der Waals surface area (Å²) < 4.78 is 8.87. The number of carbonyl (C=O) groups excluding carboxylic acids is 1. The number of esters is 1. The fourth-order valence-electron chi connectivity index (χ4n) is 5.90. The van der Waals surface area contributed by atoms with Crippen molar-refractivity contribution in [3.63, 3.8) is 0 Å². The van der Waals surface area contributed by atoms with Crippen molar-refractivity contribution >= 4 is 27.9 Å². The van der Waals surface area contributed by atoms with Gasteiger partial charge in [0, 0.05) is 22.7 Å². The molecule has 1 saturated carbocycles. The van der Waals surface area contributed by atoms with Crippen LogP contribution in [0.25, 0.3) is 21.9 Å². The van der Waals surface area contributed by atoms with Crippen LogP contribution in [0.1, 0.15) is 62.6 Å². The molecule has 6 heteroatoms. The summed E-state index contributed by atoms with van der Waals surface area (Å²) >= 11 is 0. The van der Waals surface area contributed by atoms with Crippen molar-refractivity contribution in [2.75, 3.05) is 7.11 Å². The topological polar surface area (TPSA) is 69.0 Å². The minimum atomic E-state index is -0.552. The minimum absolute atomic E-state index is 0.0579. The zero-order chi connectivity index (χ0) is 23.2. The standard InChI is InChI=1S/C27H31N3O3/c1-18-10-9-11-21-25(18)20(17-28-21)19(2)29-22-12-5-6-13-23(22)30(26(29)32)27(16-24(31)33-3)14-7-4-8-15-27/h5-6,9-13,17,19,28H,4,7-8,14-16H2,1-3H3. The maximum absolute atomic E-state index is 14.2. The van der Waals surface area contributed by atoms with Crippen molar-refractivity contribution in [3.8, 4) is 0 Å². The molecule has 0 amide bonds. The number of H-pyrrole nitrogens is 1. The molecule has 2 aromatic carbocycles. The van der Waals surface area contributed by atoms with E-state index in [4.69, 9.17) is 4.74 Å². The number of hydrogen-bond donors (Lipinski definition) is 1. The summed E-state index contributed by atoms with van der Waals surface area (Å²) in [5.74, 6) is -0.263. The Labute approximate surface area is 193 Å². The van der Waals surface area contributed by atoms with E-state index in [1.807, 2.05) is 45.7 Å². The molecule has 1 fully saturated rings. The first kappa shape index (κ1) is 21.6. The number of ether oxygens (including phenoxy) is 1. The predicted molar refractivity (Wildman–Crippen MR) is 131 cm³/mol. The molecule has 33 heavy (non-hydrogen) atoms. The summed E-state index contributed by atoms with van der Waals surface area (Å²) in [6.07, 6.45) is 6.97. The molecule has 0 bridgehead atoms. The van der Waals surface area contributed by atoms with Crippen LogP contribution in [0, 0.1) is 6.92 Å². The number of fused-ring (bicyclic) bond motifs is 2. The number of aryl methyl sites for hydroxylation is 1. The van der Waals surface area contributed by atoms with Crippen molar-refractivity contribution < 1.29 is 9.53 Å². The lowest BCUT2D eigenvalue weighted by molar-refractivity contribution is -0.143. The van der Waals surface area contributed by atoms with Crippen LogP contribution < -0.4 is 5.69 Å². The number of aromatic amines is 1. The highest BCUT2D eigenvalue weighted by atomic mass is 16.5. The molecular formula is C27H31N3O3. The molecule has 1 aliphatic carbocycles. The van der Waals surface area contributed by atoms with Crippen LogP contribution in [0.15, 0.2) is 53.5 Å². The molecule has 6 nitrogen and oxygen atoms in total. The average molecular weight is 446 g/mol. The largest absolute Gasteiger partial charge is 0.469 e. The van der Waals surface area contributed by atoms with E-state index in [0.29, 0.717) is 0 Å². The first-order chi connectivity index (χ1) is 16.0. The van der Waals surface area contributed by atoms with E-state index in [1.54, 1.807) is 0 Å². The molecule has 172 valence electrons. The van der Waals surface area contributed by atoms with Crippen molar-refractivity contribution in [3.05, 3.63) is 70.3 Å². The van der Waals surface area contributed by atoms with Gasteiger partial charge < -0.3 is 9.72 Å². The lowest BCUT2D eigenvalue weighted by Crippen LogP contribution is -2.45. The van der Waals surface area contributed by atoms with E-state index in [1.165, 1.54) is 12.7 Å². The Hall–Kier alpha value is -3.28. The number of imidazole rings is 1. The lowest BCUT2D eigenvalue weighted by Gasteiger charge is -2.37. The van der Waals surface area contributed by atoms with Gasteiger partial charge in [-0.2, -0.15) is 0 Å². The fraction of sp³-hybridized carbons (Fsp3) is 0.407. The molecule has 0 spiro atoms. The molecule has 0 aliphatic heterocycles. The zero-order valence-corrected chi connectivity index (χ0v) is 19.6. The molecule has 5 rings (SSSR count). The molecule has 0 radical (unpaired) electrons. The smallest absolute Gasteiger partial charge is 0.330 e. The molecule has 1 N–H and O–H groups in total. The first-order valence-electron chi connectivity index (χ1n) is 11.8. The van der Waals surface area contributed by atoms with E-state index in [0.717, 1.165) is 59.6 Å². The number of aromatic nitrogens is 3. The molecular weight excluding hydrogens is 414 g/mol. The van der Waals surface area contributed by atoms with Gasteiger partial charge in [-0.25, -0.2) is 4.79 Å². The lowest BCUT2D eigenvalue weighted by atomic mass is 9.79. The van der Waals surface area contributed by atoms with E-state index in [2.05, 4.69) is 31.0 Å². The fourth-order valence-corrected chi connectivity index (χ4v) is 5.90. The summed E-state index contributed by atoms with van der Waals surface area (Å²) in [4.78, 5) is 30.0. The number of rotatable bonds is 5. The Balaban J connectivity index is 1.74. The molecule has 1 aliphatic rings.